The topological polar surface area (TPSA) is 37.4 Å². The quantitative estimate of drug-likeness (QED) is 0.828. The summed E-state index contributed by atoms with van der Waals surface area (Å²) in [5.41, 5.74) is 1.17. The molecule has 2 heterocycles. The van der Waals surface area contributed by atoms with Gasteiger partial charge < -0.3 is 10.1 Å². The van der Waals surface area contributed by atoms with Gasteiger partial charge in [-0.25, -0.2) is 0 Å². The van der Waals surface area contributed by atoms with Crippen molar-refractivity contribution >= 4 is 0 Å². The molecule has 16 heavy (non-hydrogen) atoms. The number of ether oxygens (including phenoxy) is 1. The van der Waals surface area contributed by atoms with Gasteiger partial charge in [-0.15, -0.1) is 0 Å². The van der Waals surface area contributed by atoms with Crippen molar-refractivity contribution in [2.24, 2.45) is 0 Å². The van der Waals surface area contributed by atoms with Crippen molar-refractivity contribution in [1.29, 1.82) is 0 Å². The van der Waals surface area contributed by atoms with Crippen LogP contribution in [0.1, 0.15) is 18.5 Å². The van der Waals surface area contributed by atoms with Crippen LogP contribution in [0.4, 0.5) is 0 Å². The molecule has 1 N–H and O–H groups in total. The van der Waals surface area contributed by atoms with E-state index >= 15 is 0 Å². The molecule has 1 aliphatic rings. The van der Waals surface area contributed by atoms with Crippen LogP contribution in [-0.2, 0) is 0 Å². The molecule has 0 bridgehead atoms. The first-order chi connectivity index (χ1) is 7.83. The summed E-state index contributed by atoms with van der Waals surface area (Å²) in [4.78, 5) is 6.64. The number of hydrogen-bond acceptors (Lipinski definition) is 4. The highest BCUT2D eigenvalue weighted by Gasteiger charge is 2.20. The van der Waals surface area contributed by atoms with E-state index in [1.807, 2.05) is 12.3 Å². The Balaban J connectivity index is 2.15. The molecular weight excluding hydrogens is 202 g/mol. The van der Waals surface area contributed by atoms with Crippen molar-refractivity contribution in [2.75, 3.05) is 33.3 Å². The molecule has 1 atom stereocenters. The SMILES string of the molecule is COc1ccncc1C(C)N1CCNCC1. The first kappa shape index (κ1) is 11.4. The summed E-state index contributed by atoms with van der Waals surface area (Å²) in [6.07, 6.45) is 3.68. The number of rotatable bonds is 3. The van der Waals surface area contributed by atoms with Crippen LogP contribution in [0.3, 0.4) is 0 Å². The molecule has 1 aromatic rings. The Morgan fingerprint density at radius 2 is 2.19 bits per heavy atom. The highest BCUT2D eigenvalue weighted by molar-refractivity contribution is 5.32. The van der Waals surface area contributed by atoms with Crippen molar-refractivity contribution in [3.63, 3.8) is 0 Å². The molecule has 88 valence electrons. The summed E-state index contributed by atoms with van der Waals surface area (Å²) in [5, 5.41) is 3.36. The zero-order valence-corrected chi connectivity index (χ0v) is 9.94. The molecule has 1 saturated heterocycles. The third kappa shape index (κ3) is 2.33. The average molecular weight is 221 g/mol. The summed E-state index contributed by atoms with van der Waals surface area (Å²) in [7, 11) is 1.71. The molecule has 0 aliphatic carbocycles. The minimum atomic E-state index is 0.366. The Bertz CT molecular complexity index is 337. The van der Waals surface area contributed by atoms with E-state index in [2.05, 4.69) is 22.1 Å². The van der Waals surface area contributed by atoms with Crippen LogP contribution in [0, 0.1) is 0 Å². The Morgan fingerprint density at radius 1 is 1.44 bits per heavy atom. The van der Waals surface area contributed by atoms with Crippen molar-refractivity contribution in [1.82, 2.24) is 15.2 Å². The van der Waals surface area contributed by atoms with E-state index in [1.54, 1.807) is 13.3 Å². The second-order valence-electron chi connectivity index (χ2n) is 4.08. The number of hydrogen-bond donors (Lipinski definition) is 1. The number of nitrogens with zero attached hydrogens (tertiary/aromatic N) is 2. The molecule has 4 nitrogen and oxygen atoms in total. The zero-order chi connectivity index (χ0) is 11.4. The molecular formula is C12H19N3O. The second kappa shape index (κ2) is 5.27. The monoisotopic (exact) mass is 221 g/mol. The Morgan fingerprint density at radius 3 is 2.88 bits per heavy atom. The molecule has 0 aromatic carbocycles. The van der Waals surface area contributed by atoms with Crippen LogP contribution in [0.25, 0.3) is 0 Å². The van der Waals surface area contributed by atoms with Crippen molar-refractivity contribution in [3.05, 3.63) is 24.0 Å². The van der Waals surface area contributed by atoms with Crippen LogP contribution in [-0.4, -0.2) is 43.2 Å². The van der Waals surface area contributed by atoms with Gasteiger partial charge in [0.1, 0.15) is 5.75 Å². The van der Waals surface area contributed by atoms with Crippen LogP contribution in [0.2, 0.25) is 0 Å². The van der Waals surface area contributed by atoms with E-state index in [0.29, 0.717) is 6.04 Å². The van der Waals surface area contributed by atoms with Gasteiger partial charge in [-0.1, -0.05) is 0 Å². The normalized spacial score (nSPS) is 19.4. The summed E-state index contributed by atoms with van der Waals surface area (Å²) >= 11 is 0. The van der Waals surface area contributed by atoms with E-state index in [-0.39, 0.29) is 0 Å². The van der Waals surface area contributed by atoms with Crippen molar-refractivity contribution < 1.29 is 4.74 Å². The van der Waals surface area contributed by atoms with Gasteiger partial charge in [-0.3, -0.25) is 9.88 Å². The van der Waals surface area contributed by atoms with Crippen LogP contribution < -0.4 is 10.1 Å². The number of nitrogens with one attached hydrogen (secondary N) is 1. The maximum atomic E-state index is 5.37. The van der Waals surface area contributed by atoms with E-state index in [4.69, 9.17) is 4.74 Å². The highest BCUT2D eigenvalue weighted by atomic mass is 16.5. The minimum absolute atomic E-state index is 0.366. The summed E-state index contributed by atoms with van der Waals surface area (Å²) in [6, 6.07) is 2.29. The molecule has 0 amide bonds. The van der Waals surface area contributed by atoms with Gasteiger partial charge in [0.2, 0.25) is 0 Å². The number of aromatic nitrogens is 1. The maximum Gasteiger partial charge on any atom is 0.126 e. The fraction of sp³-hybridized carbons (Fsp3) is 0.583. The average Bonchev–Trinajstić information content (AvgIpc) is 2.39. The summed E-state index contributed by atoms with van der Waals surface area (Å²) in [6.45, 7) is 6.50. The van der Waals surface area contributed by atoms with Gasteiger partial charge in [0.15, 0.2) is 0 Å². The van der Waals surface area contributed by atoms with Crippen LogP contribution in [0.15, 0.2) is 18.5 Å². The molecule has 1 aliphatic heterocycles. The second-order valence-corrected chi connectivity index (χ2v) is 4.08. The Labute approximate surface area is 96.6 Å². The standard InChI is InChI=1S/C12H19N3O/c1-10(15-7-5-13-6-8-15)11-9-14-4-3-12(11)16-2/h3-4,9-10,13H,5-8H2,1-2H3. The largest absolute Gasteiger partial charge is 0.496 e. The Kier molecular flexibility index (Phi) is 3.74. The molecule has 1 fully saturated rings. The highest BCUT2D eigenvalue weighted by Crippen LogP contribution is 2.27. The molecule has 1 unspecified atom stereocenters. The van der Waals surface area contributed by atoms with Gasteiger partial charge in [0.05, 0.1) is 7.11 Å². The lowest BCUT2D eigenvalue weighted by atomic mass is 10.1. The lowest BCUT2D eigenvalue weighted by molar-refractivity contribution is 0.182. The van der Waals surface area contributed by atoms with Crippen LogP contribution >= 0.6 is 0 Å². The minimum Gasteiger partial charge on any atom is -0.496 e. The predicted octanol–water partition coefficient (Wildman–Crippen LogP) is 1.06. The maximum absolute atomic E-state index is 5.37. The van der Waals surface area contributed by atoms with Crippen molar-refractivity contribution in [2.45, 2.75) is 13.0 Å². The van der Waals surface area contributed by atoms with Gasteiger partial charge in [-0.2, -0.15) is 0 Å². The summed E-state index contributed by atoms with van der Waals surface area (Å²) < 4.78 is 5.37. The lowest BCUT2D eigenvalue weighted by Crippen LogP contribution is -2.44. The van der Waals surface area contributed by atoms with Gasteiger partial charge >= 0.3 is 0 Å². The molecule has 2 rings (SSSR count). The molecule has 0 saturated carbocycles. The third-order valence-corrected chi connectivity index (χ3v) is 3.18. The van der Waals surface area contributed by atoms with E-state index in [9.17, 15) is 0 Å². The smallest absolute Gasteiger partial charge is 0.126 e. The first-order valence-corrected chi connectivity index (χ1v) is 5.75. The molecule has 1 aromatic heterocycles. The zero-order valence-electron chi connectivity index (χ0n) is 9.94. The number of piperazine rings is 1. The van der Waals surface area contributed by atoms with E-state index in [0.717, 1.165) is 31.9 Å². The number of pyridine rings is 1. The molecule has 4 heteroatoms. The predicted molar refractivity (Wildman–Crippen MR) is 63.6 cm³/mol. The fourth-order valence-electron chi connectivity index (χ4n) is 2.16. The molecule has 0 spiro atoms. The third-order valence-electron chi connectivity index (χ3n) is 3.18. The van der Waals surface area contributed by atoms with Gasteiger partial charge in [0, 0.05) is 50.2 Å². The van der Waals surface area contributed by atoms with E-state index < -0.39 is 0 Å². The lowest BCUT2D eigenvalue weighted by Gasteiger charge is -2.33. The number of methoxy groups -OCH3 is 1. The van der Waals surface area contributed by atoms with Gasteiger partial charge in [-0.05, 0) is 13.0 Å². The summed E-state index contributed by atoms with van der Waals surface area (Å²) in [5.74, 6) is 0.932. The molecule has 0 radical (unpaired) electrons. The van der Waals surface area contributed by atoms with Crippen LogP contribution in [0.5, 0.6) is 5.75 Å². The van der Waals surface area contributed by atoms with E-state index in [1.165, 1.54) is 5.56 Å². The Hall–Kier alpha value is -1.13. The first-order valence-electron chi connectivity index (χ1n) is 5.75. The van der Waals surface area contributed by atoms with Crippen molar-refractivity contribution in [3.8, 4) is 5.75 Å². The fourth-order valence-corrected chi connectivity index (χ4v) is 2.16. The van der Waals surface area contributed by atoms with Gasteiger partial charge in [0.25, 0.3) is 0 Å².